The quantitative estimate of drug-likeness (QED) is 0.386. The van der Waals surface area contributed by atoms with Crippen molar-refractivity contribution < 1.29 is 18.0 Å². The predicted molar refractivity (Wildman–Crippen MR) is 151 cm³/mol. The van der Waals surface area contributed by atoms with Crippen LogP contribution in [0.5, 0.6) is 0 Å². The van der Waals surface area contributed by atoms with Crippen LogP contribution in [0.4, 0.5) is 5.69 Å². The zero-order valence-corrected chi connectivity index (χ0v) is 23.5. The number of rotatable bonds is 11. The van der Waals surface area contributed by atoms with E-state index in [-0.39, 0.29) is 23.3 Å². The third kappa shape index (κ3) is 7.44. The van der Waals surface area contributed by atoms with Crippen LogP contribution in [0.3, 0.4) is 0 Å². The second-order valence-electron chi connectivity index (χ2n) is 9.99. The van der Waals surface area contributed by atoms with Crippen molar-refractivity contribution in [1.29, 1.82) is 0 Å². The van der Waals surface area contributed by atoms with E-state index in [1.807, 2.05) is 64.1 Å². The van der Waals surface area contributed by atoms with Crippen LogP contribution in [0, 0.1) is 19.8 Å². The largest absolute Gasteiger partial charge is 0.354 e. The normalized spacial score (nSPS) is 12.2. The molecule has 0 heterocycles. The van der Waals surface area contributed by atoms with E-state index < -0.39 is 28.5 Å². The molecule has 0 fully saturated rings. The highest BCUT2D eigenvalue weighted by Crippen LogP contribution is 2.26. The highest BCUT2D eigenvalue weighted by Gasteiger charge is 2.32. The molecule has 3 aromatic rings. The molecule has 1 atom stereocenters. The summed E-state index contributed by atoms with van der Waals surface area (Å²) in [5, 5.41) is 2.89. The molecule has 0 radical (unpaired) electrons. The summed E-state index contributed by atoms with van der Waals surface area (Å²) in [7, 11) is -4.07. The standard InChI is InChI=1S/C30H37N3O4S/c1-22(2)19-31-30(35)25(5)32(20-26-12-8-6-9-13-26)29(34)21-33(27-17-23(3)16-24(4)18-27)38(36,37)28-14-10-7-11-15-28/h6-18,22,25H,19-21H2,1-5H3,(H,31,35). The molecule has 3 aromatic carbocycles. The molecule has 0 aliphatic carbocycles. The van der Waals surface area contributed by atoms with Crippen LogP contribution in [-0.4, -0.2) is 44.3 Å². The fourth-order valence-electron chi connectivity index (χ4n) is 4.16. The van der Waals surface area contributed by atoms with Crippen molar-refractivity contribution in [2.75, 3.05) is 17.4 Å². The van der Waals surface area contributed by atoms with Crippen molar-refractivity contribution in [2.45, 2.75) is 52.1 Å². The highest BCUT2D eigenvalue weighted by molar-refractivity contribution is 7.92. The minimum absolute atomic E-state index is 0.0873. The molecule has 0 aliphatic rings. The minimum atomic E-state index is -4.07. The van der Waals surface area contributed by atoms with E-state index in [0.29, 0.717) is 12.2 Å². The topological polar surface area (TPSA) is 86.8 Å². The van der Waals surface area contributed by atoms with Crippen LogP contribution in [0.2, 0.25) is 0 Å². The Hall–Kier alpha value is -3.65. The first kappa shape index (κ1) is 28.9. The number of hydrogen-bond donors (Lipinski definition) is 1. The smallest absolute Gasteiger partial charge is 0.264 e. The van der Waals surface area contributed by atoms with Crippen LogP contribution in [0.15, 0.2) is 83.8 Å². The fourth-order valence-corrected chi connectivity index (χ4v) is 5.58. The first-order valence-electron chi connectivity index (χ1n) is 12.8. The van der Waals surface area contributed by atoms with Gasteiger partial charge in [-0.3, -0.25) is 13.9 Å². The van der Waals surface area contributed by atoms with E-state index in [1.54, 1.807) is 37.3 Å². The number of anilines is 1. The first-order chi connectivity index (χ1) is 18.0. The molecule has 2 amide bonds. The number of aryl methyl sites for hydroxylation is 2. The Morgan fingerprint density at radius 2 is 1.39 bits per heavy atom. The van der Waals surface area contributed by atoms with Crippen LogP contribution in [-0.2, 0) is 26.2 Å². The molecule has 0 aromatic heterocycles. The van der Waals surface area contributed by atoms with Gasteiger partial charge < -0.3 is 10.2 Å². The van der Waals surface area contributed by atoms with Crippen molar-refractivity contribution in [3.05, 3.63) is 95.6 Å². The molecule has 0 spiro atoms. The lowest BCUT2D eigenvalue weighted by molar-refractivity contribution is -0.139. The number of sulfonamides is 1. The second-order valence-corrected chi connectivity index (χ2v) is 11.9. The van der Waals surface area contributed by atoms with Crippen molar-refractivity contribution >= 4 is 27.5 Å². The van der Waals surface area contributed by atoms with E-state index in [0.717, 1.165) is 21.0 Å². The number of carbonyl (C=O) groups is 2. The Morgan fingerprint density at radius 1 is 0.842 bits per heavy atom. The Bertz CT molecular complexity index is 1320. The summed E-state index contributed by atoms with van der Waals surface area (Å²) in [5.74, 6) is -0.507. The molecular weight excluding hydrogens is 498 g/mol. The van der Waals surface area contributed by atoms with E-state index in [9.17, 15) is 18.0 Å². The van der Waals surface area contributed by atoms with Crippen LogP contribution in [0.25, 0.3) is 0 Å². The van der Waals surface area contributed by atoms with Gasteiger partial charge in [0.05, 0.1) is 10.6 Å². The lowest BCUT2D eigenvalue weighted by Crippen LogP contribution is -2.51. The van der Waals surface area contributed by atoms with E-state index in [2.05, 4.69) is 5.32 Å². The average molecular weight is 536 g/mol. The van der Waals surface area contributed by atoms with Gasteiger partial charge in [-0.05, 0) is 67.6 Å². The van der Waals surface area contributed by atoms with Gasteiger partial charge in [-0.2, -0.15) is 0 Å². The Labute approximate surface area is 226 Å². The van der Waals surface area contributed by atoms with Gasteiger partial charge in [0, 0.05) is 13.1 Å². The Morgan fingerprint density at radius 3 is 1.95 bits per heavy atom. The lowest BCUT2D eigenvalue weighted by Gasteiger charge is -2.32. The Balaban J connectivity index is 2.02. The molecule has 0 saturated carbocycles. The van der Waals surface area contributed by atoms with Gasteiger partial charge >= 0.3 is 0 Å². The van der Waals surface area contributed by atoms with Crippen molar-refractivity contribution in [2.24, 2.45) is 5.92 Å². The minimum Gasteiger partial charge on any atom is -0.354 e. The first-order valence-corrected chi connectivity index (χ1v) is 14.2. The molecule has 1 unspecified atom stereocenters. The van der Waals surface area contributed by atoms with Crippen molar-refractivity contribution in [1.82, 2.24) is 10.2 Å². The average Bonchev–Trinajstić information content (AvgIpc) is 2.88. The third-order valence-electron chi connectivity index (χ3n) is 6.15. The molecule has 202 valence electrons. The monoisotopic (exact) mass is 535 g/mol. The van der Waals surface area contributed by atoms with E-state index in [4.69, 9.17) is 0 Å². The number of nitrogens with zero attached hydrogens (tertiary/aromatic N) is 2. The maximum atomic E-state index is 13.9. The maximum absolute atomic E-state index is 13.9. The zero-order valence-electron chi connectivity index (χ0n) is 22.7. The van der Waals surface area contributed by atoms with Crippen LogP contribution in [0.1, 0.15) is 37.5 Å². The molecule has 0 aliphatic heterocycles. The van der Waals surface area contributed by atoms with Crippen molar-refractivity contribution in [3.8, 4) is 0 Å². The number of carbonyl (C=O) groups excluding carboxylic acids is 2. The summed E-state index contributed by atoms with van der Waals surface area (Å²) in [4.78, 5) is 28.4. The molecule has 8 heteroatoms. The molecule has 38 heavy (non-hydrogen) atoms. The molecule has 3 rings (SSSR count). The second kappa shape index (κ2) is 12.7. The van der Waals surface area contributed by atoms with E-state index in [1.165, 1.54) is 17.0 Å². The Kier molecular flexibility index (Phi) is 9.69. The van der Waals surface area contributed by atoms with Crippen molar-refractivity contribution in [3.63, 3.8) is 0 Å². The van der Waals surface area contributed by atoms with Gasteiger partial charge in [0.25, 0.3) is 10.0 Å². The highest BCUT2D eigenvalue weighted by atomic mass is 32.2. The molecular formula is C30H37N3O4S. The lowest BCUT2D eigenvalue weighted by atomic mass is 10.1. The van der Waals surface area contributed by atoms with E-state index >= 15 is 0 Å². The van der Waals surface area contributed by atoms with Gasteiger partial charge in [-0.25, -0.2) is 8.42 Å². The third-order valence-corrected chi connectivity index (χ3v) is 7.94. The van der Waals surface area contributed by atoms with Gasteiger partial charge in [-0.1, -0.05) is 68.4 Å². The fraction of sp³-hybridized carbons (Fsp3) is 0.333. The zero-order chi connectivity index (χ0) is 27.9. The number of benzene rings is 3. The number of nitrogens with one attached hydrogen (secondary N) is 1. The maximum Gasteiger partial charge on any atom is 0.264 e. The van der Waals surface area contributed by atoms with Gasteiger partial charge in [0.2, 0.25) is 11.8 Å². The predicted octanol–water partition coefficient (Wildman–Crippen LogP) is 4.69. The summed E-state index contributed by atoms with van der Waals surface area (Å²) in [6, 6.07) is 22.1. The summed E-state index contributed by atoms with van der Waals surface area (Å²) >= 11 is 0. The van der Waals surface area contributed by atoms with Gasteiger partial charge in [-0.15, -0.1) is 0 Å². The van der Waals surface area contributed by atoms with Crippen LogP contribution >= 0.6 is 0 Å². The molecule has 7 nitrogen and oxygen atoms in total. The molecule has 0 bridgehead atoms. The molecule has 1 N–H and O–H groups in total. The van der Waals surface area contributed by atoms with Crippen LogP contribution < -0.4 is 9.62 Å². The van der Waals surface area contributed by atoms with Gasteiger partial charge in [0.1, 0.15) is 12.6 Å². The summed E-state index contributed by atoms with van der Waals surface area (Å²) in [6.45, 7) is 9.62. The molecule has 0 saturated heterocycles. The summed E-state index contributed by atoms with van der Waals surface area (Å²) < 4.78 is 28.8. The SMILES string of the molecule is Cc1cc(C)cc(N(CC(=O)N(Cc2ccccc2)C(C)C(=O)NCC(C)C)S(=O)(=O)c2ccccc2)c1. The summed E-state index contributed by atoms with van der Waals surface area (Å²) in [6.07, 6.45) is 0. The number of amides is 2. The number of hydrogen-bond acceptors (Lipinski definition) is 4. The summed E-state index contributed by atoms with van der Waals surface area (Å²) in [5.41, 5.74) is 3.00. The van der Waals surface area contributed by atoms with Gasteiger partial charge in [0.15, 0.2) is 0 Å².